The normalized spacial score (nSPS) is 31.0. The molecule has 1 aliphatic heterocycles. The van der Waals surface area contributed by atoms with Gasteiger partial charge < -0.3 is 10.6 Å². The predicted molar refractivity (Wildman–Crippen MR) is 86.6 cm³/mol. The van der Waals surface area contributed by atoms with Gasteiger partial charge in [-0.25, -0.2) is 13.4 Å². The highest BCUT2D eigenvalue weighted by Gasteiger charge is 2.36. The van der Waals surface area contributed by atoms with Crippen LogP contribution in [0.2, 0.25) is 0 Å². The van der Waals surface area contributed by atoms with E-state index in [4.69, 9.17) is 10.7 Å². The van der Waals surface area contributed by atoms with Crippen molar-refractivity contribution in [3.05, 3.63) is 10.6 Å². The molecule has 21 heavy (non-hydrogen) atoms. The maximum Gasteiger partial charge on any atom is 0.186 e. The minimum absolute atomic E-state index is 0.0133. The predicted octanol–water partition coefficient (Wildman–Crippen LogP) is 1.74. The summed E-state index contributed by atoms with van der Waals surface area (Å²) in [6, 6.07) is 0.0411. The number of aromatic nitrogens is 1. The van der Waals surface area contributed by atoms with Crippen LogP contribution in [0.1, 0.15) is 43.8 Å². The number of hydrogen-bond donors (Lipinski definition) is 1. The highest BCUT2D eigenvalue weighted by Crippen LogP contribution is 2.44. The maximum atomic E-state index is 11.7. The van der Waals surface area contributed by atoms with E-state index in [1.165, 1.54) is 4.88 Å². The molecule has 1 saturated heterocycles. The van der Waals surface area contributed by atoms with Crippen LogP contribution in [0.3, 0.4) is 0 Å². The molecule has 2 N–H and O–H groups in total. The van der Waals surface area contributed by atoms with Gasteiger partial charge in [-0.3, -0.25) is 0 Å². The SMILES string of the molecule is CC1CS(=O)(=O)CCN1c1nc2c(s1)C(N)CC(C)(C)C2. The monoisotopic (exact) mass is 329 g/mol. The molecule has 2 unspecified atom stereocenters. The highest BCUT2D eigenvalue weighted by molar-refractivity contribution is 7.91. The summed E-state index contributed by atoms with van der Waals surface area (Å²) in [7, 11) is -2.89. The molecule has 7 heteroatoms. The number of nitrogens with two attached hydrogens (primary N) is 1. The van der Waals surface area contributed by atoms with Crippen molar-refractivity contribution in [2.24, 2.45) is 11.1 Å². The van der Waals surface area contributed by atoms with Crippen molar-refractivity contribution < 1.29 is 8.42 Å². The van der Waals surface area contributed by atoms with Crippen LogP contribution in [-0.4, -0.2) is 37.5 Å². The number of rotatable bonds is 1. The second-order valence-electron chi connectivity index (χ2n) is 7.12. The summed E-state index contributed by atoms with van der Waals surface area (Å²) in [5.41, 5.74) is 7.60. The van der Waals surface area contributed by atoms with Crippen LogP contribution in [0, 0.1) is 5.41 Å². The van der Waals surface area contributed by atoms with Crippen LogP contribution in [0.4, 0.5) is 5.13 Å². The van der Waals surface area contributed by atoms with Gasteiger partial charge in [0.2, 0.25) is 0 Å². The van der Waals surface area contributed by atoms with Crippen molar-refractivity contribution in [2.45, 2.75) is 45.7 Å². The van der Waals surface area contributed by atoms with E-state index >= 15 is 0 Å². The Hall–Kier alpha value is -0.660. The first kappa shape index (κ1) is 15.2. The fourth-order valence-corrected chi connectivity index (χ4v) is 6.15. The topological polar surface area (TPSA) is 76.3 Å². The molecule has 0 radical (unpaired) electrons. The minimum Gasteiger partial charge on any atom is -0.343 e. The number of hydrogen-bond acceptors (Lipinski definition) is 6. The van der Waals surface area contributed by atoms with Crippen molar-refractivity contribution in [1.82, 2.24) is 4.98 Å². The molecule has 0 spiro atoms. The number of fused-ring (bicyclic) bond motifs is 1. The summed E-state index contributed by atoms with van der Waals surface area (Å²) >= 11 is 1.65. The molecule has 1 aliphatic carbocycles. The Labute approximate surface area is 130 Å². The molecule has 0 saturated carbocycles. The lowest BCUT2D eigenvalue weighted by molar-refractivity contribution is 0.282. The van der Waals surface area contributed by atoms with E-state index in [1.54, 1.807) is 11.3 Å². The van der Waals surface area contributed by atoms with Gasteiger partial charge in [-0.05, 0) is 25.2 Å². The van der Waals surface area contributed by atoms with Gasteiger partial charge in [0.1, 0.15) is 0 Å². The molecule has 0 aromatic carbocycles. The molecule has 1 aromatic heterocycles. The van der Waals surface area contributed by atoms with Crippen LogP contribution in [-0.2, 0) is 16.3 Å². The maximum absolute atomic E-state index is 11.7. The van der Waals surface area contributed by atoms with Crippen LogP contribution < -0.4 is 10.6 Å². The van der Waals surface area contributed by atoms with E-state index in [9.17, 15) is 8.42 Å². The molecular weight excluding hydrogens is 306 g/mol. The Morgan fingerprint density at radius 3 is 2.81 bits per heavy atom. The first-order chi connectivity index (χ1) is 9.67. The molecule has 118 valence electrons. The van der Waals surface area contributed by atoms with E-state index in [-0.39, 0.29) is 29.0 Å². The lowest BCUT2D eigenvalue weighted by atomic mass is 9.77. The fourth-order valence-electron chi connectivity index (χ4n) is 3.39. The average Bonchev–Trinajstić information content (AvgIpc) is 2.69. The molecule has 1 aromatic rings. The largest absolute Gasteiger partial charge is 0.343 e. The zero-order valence-electron chi connectivity index (χ0n) is 12.8. The number of nitrogens with zero attached hydrogens (tertiary/aromatic N) is 2. The van der Waals surface area contributed by atoms with Crippen LogP contribution in [0.5, 0.6) is 0 Å². The Morgan fingerprint density at radius 2 is 2.14 bits per heavy atom. The zero-order chi connectivity index (χ0) is 15.4. The van der Waals surface area contributed by atoms with E-state index in [0.29, 0.717) is 6.54 Å². The van der Waals surface area contributed by atoms with Crippen molar-refractivity contribution in [3.63, 3.8) is 0 Å². The Kier molecular flexibility index (Phi) is 3.58. The first-order valence-corrected chi connectivity index (χ1v) is 10.0. The Bertz CT molecular complexity index is 651. The van der Waals surface area contributed by atoms with Crippen LogP contribution in [0.25, 0.3) is 0 Å². The van der Waals surface area contributed by atoms with Crippen LogP contribution >= 0.6 is 11.3 Å². The molecule has 0 bridgehead atoms. The lowest BCUT2D eigenvalue weighted by Gasteiger charge is -2.32. The van der Waals surface area contributed by atoms with E-state index < -0.39 is 9.84 Å². The van der Waals surface area contributed by atoms with Gasteiger partial charge in [-0.2, -0.15) is 0 Å². The molecule has 3 rings (SSSR count). The van der Waals surface area contributed by atoms with Crippen molar-refractivity contribution >= 4 is 26.3 Å². The summed E-state index contributed by atoms with van der Waals surface area (Å²) in [6.45, 7) is 6.95. The molecule has 2 atom stereocenters. The molecular formula is C14H23N3O2S2. The van der Waals surface area contributed by atoms with Crippen molar-refractivity contribution in [2.75, 3.05) is 23.0 Å². The zero-order valence-corrected chi connectivity index (χ0v) is 14.4. The molecule has 5 nitrogen and oxygen atoms in total. The van der Waals surface area contributed by atoms with E-state index in [2.05, 4.69) is 18.7 Å². The fraction of sp³-hybridized carbons (Fsp3) is 0.786. The smallest absolute Gasteiger partial charge is 0.186 e. The molecule has 2 heterocycles. The lowest BCUT2D eigenvalue weighted by Crippen LogP contribution is -2.47. The van der Waals surface area contributed by atoms with E-state index in [0.717, 1.165) is 23.7 Å². The summed E-state index contributed by atoms with van der Waals surface area (Å²) in [6.07, 6.45) is 1.93. The first-order valence-electron chi connectivity index (χ1n) is 7.39. The van der Waals surface area contributed by atoms with Crippen molar-refractivity contribution in [3.8, 4) is 0 Å². The Morgan fingerprint density at radius 1 is 1.43 bits per heavy atom. The summed E-state index contributed by atoms with van der Waals surface area (Å²) in [4.78, 5) is 8.10. The van der Waals surface area contributed by atoms with Gasteiger partial charge in [0.15, 0.2) is 15.0 Å². The summed E-state index contributed by atoms with van der Waals surface area (Å²) in [5.74, 6) is 0.438. The Balaban J connectivity index is 1.89. The third-order valence-corrected chi connectivity index (χ3v) is 7.45. The van der Waals surface area contributed by atoms with Crippen molar-refractivity contribution in [1.29, 1.82) is 0 Å². The summed E-state index contributed by atoms with van der Waals surface area (Å²) in [5, 5.41) is 0.940. The van der Waals surface area contributed by atoms with Gasteiger partial charge in [0.25, 0.3) is 0 Å². The molecule has 0 amide bonds. The van der Waals surface area contributed by atoms with Gasteiger partial charge >= 0.3 is 0 Å². The molecule has 1 fully saturated rings. The summed E-state index contributed by atoms with van der Waals surface area (Å²) < 4.78 is 23.4. The molecule has 2 aliphatic rings. The van der Waals surface area contributed by atoms with Gasteiger partial charge in [-0.1, -0.05) is 25.2 Å². The third-order valence-electron chi connectivity index (χ3n) is 4.39. The van der Waals surface area contributed by atoms with E-state index in [1.807, 2.05) is 6.92 Å². The highest BCUT2D eigenvalue weighted by atomic mass is 32.2. The third kappa shape index (κ3) is 2.96. The van der Waals surface area contributed by atoms with Gasteiger partial charge in [0.05, 0.1) is 17.2 Å². The van der Waals surface area contributed by atoms with Crippen LogP contribution in [0.15, 0.2) is 0 Å². The standard InChI is InChI=1S/C14H23N3O2S2/c1-9-8-21(18,19)5-4-17(9)13-16-11-7-14(2,3)6-10(15)12(11)20-13/h9-10H,4-8,15H2,1-3H3. The number of sulfone groups is 1. The quantitative estimate of drug-likeness (QED) is 0.849. The average molecular weight is 329 g/mol. The minimum atomic E-state index is -2.89. The second kappa shape index (κ2) is 4.93. The van der Waals surface area contributed by atoms with Gasteiger partial charge in [-0.15, -0.1) is 0 Å². The number of anilines is 1. The van der Waals surface area contributed by atoms with Gasteiger partial charge in [0, 0.05) is 23.5 Å². The number of thiazole rings is 1. The second-order valence-corrected chi connectivity index (χ2v) is 10.4.